The second-order valence-corrected chi connectivity index (χ2v) is 12.6. The first-order chi connectivity index (χ1) is 15.2. The van der Waals surface area contributed by atoms with Crippen molar-refractivity contribution in [2.24, 2.45) is 40.9 Å². The van der Waals surface area contributed by atoms with Crippen LogP contribution < -0.4 is 0 Å². The molecule has 1 heterocycles. The molecule has 0 aromatic rings. The van der Waals surface area contributed by atoms with Crippen molar-refractivity contribution in [1.29, 1.82) is 0 Å². The zero-order valence-corrected chi connectivity index (χ0v) is 20.5. The first kappa shape index (κ1) is 22.8. The van der Waals surface area contributed by atoms with Crippen molar-refractivity contribution in [3.05, 3.63) is 0 Å². The number of Topliss-reactive ketones (excluding diaryl/α,β-unsaturated/α-hetero) is 1. The summed E-state index contributed by atoms with van der Waals surface area (Å²) in [5.74, 6) is 4.72. The Morgan fingerprint density at radius 3 is 2.31 bits per heavy atom. The largest absolute Gasteiger partial charge is 0.390 e. The molecule has 180 valence electrons. The van der Waals surface area contributed by atoms with Gasteiger partial charge in [0.1, 0.15) is 5.78 Å². The number of fused-ring (bicyclic) bond motifs is 5. The van der Waals surface area contributed by atoms with E-state index in [2.05, 4.69) is 11.8 Å². The predicted octanol–water partition coefficient (Wildman–Crippen LogP) is 3.74. The maximum atomic E-state index is 13.5. The summed E-state index contributed by atoms with van der Waals surface area (Å²) in [6.45, 7) is 9.88. The molecule has 1 amide bonds. The smallest absolute Gasteiger partial charge is 0.219 e. The summed E-state index contributed by atoms with van der Waals surface area (Å²) in [6, 6.07) is 0. The van der Waals surface area contributed by atoms with Crippen LogP contribution in [-0.2, 0) is 9.59 Å². The predicted molar refractivity (Wildman–Crippen MR) is 125 cm³/mol. The lowest BCUT2D eigenvalue weighted by molar-refractivity contribution is -0.134. The molecule has 1 N–H and O–H groups in total. The molecule has 8 atom stereocenters. The highest BCUT2D eigenvalue weighted by Crippen LogP contribution is 2.64. The van der Waals surface area contributed by atoms with E-state index < -0.39 is 5.60 Å². The zero-order valence-electron chi connectivity index (χ0n) is 20.5. The Kier molecular flexibility index (Phi) is 5.97. The molecule has 0 aromatic carbocycles. The van der Waals surface area contributed by atoms with Crippen molar-refractivity contribution >= 4 is 11.7 Å². The summed E-state index contributed by atoms with van der Waals surface area (Å²) in [6.07, 6.45) is 10.6. The minimum atomic E-state index is -0.446. The fraction of sp³-hybridized carbons (Fsp3) is 0.926. The van der Waals surface area contributed by atoms with Crippen LogP contribution in [-0.4, -0.2) is 64.9 Å². The Labute approximate surface area is 194 Å². The highest BCUT2D eigenvalue weighted by molar-refractivity contribution is 5.84. The maximum Gasteiger partial charge on any atom is 0.219 e. The number of aliphatic hydroxyl groups is 1. The lowest BCUT2D eigenvalue weighted by atomic mass is 9.49. The number of hydrogen-bond acceptors (Lipinski definition) is 4. The average Bonchev–Trinajstić information content (AvgIpc) is 3.10. The van der Waals surface area contributed by atoms with Gasteiger partial charge < -0.3 is 10.0 Å². The molecule has 0 aromatic heterocycles. The van der Waals surface area contributed by atoms with Gasteiger partial charge in [0, 0.05) is 39.0 Å². The summed E-state index contributed by atoms with van der Waals surface area (Å²) in [4.78, 5) is 29.3. The molecule has 32 heavy (non-hydrogen) atoms. The van der Waals surface area contributed by atoms with Gasteiger partial charge in [-0.15, -0.1) is 0 Å². The molecule has 1 saturated heterocycles. The second kappa shape index (κ2) is 8.37. The highest BCUT2D eigenvalue weighted by atomic mass is 16.3. The molecule has 5 rings (SSSR count). The molecule has 5 fully saturated rings. The number of carbonyl (C=O) groups excluding carboxylic acids is 2. The number of nitrogens with zero attached hydrogens (tertiary/aromatic N) is 2. The van der Waals surface area contributed by atoms with Crippen LogP contribution >= 0.6 is 0 Å². The Hall–Kier alpha value is -0.940. The van der Waals surface area contributed by atoms with Crippen LogP contribution in [0, 0.1) is 40.9 Å². The first-order valence-electron chi connectivity index (χ1n) is 13.4. The molecule has 5 nitrogen and oxygen atoms in total. The van der Waals surface area contributed by atoms with Crippen LogP contribution in [0.2, 0.25) is 0 Å². The van der Waals surface area contributed by atoms with Gasteiger partial charge in [0.25, 0.3) is 0 Å². The number of piperazine rings is 1. The van der Waals surface area contributed by atoms with Gasteiger partial charge in [-0.1, -0.05) is 6.92 Å². The van der Waals surface area contributed by atoms with Crippen molar-refractivity contribution in [3.63, 3.8) is 0 Å². The van der Waals surface area contributed by atoms with Gasteiger partial charge in [-0.05, 0) is 99.7 Å². The van der Waals surface area contributed by atoms with Crippen molar-refractivity contribution in [2.45, 2.75) is 84.2 Å². The summed E-state index contributed by atoms with van der Waals surface area (Å²) >= 11 is 0. The maximum absolute atomic E-state index is 13.5. The molecule has 8 unspecified atom stereocenters. The van der Waals surface area contributed by atoms with Crippen LogP contribution in [0.4, 0.5) is 0 Å². The fourth-order valence-corrected chi connectivity index (χ4v) is 9.16. The van der Waals surface area contributed by atoms with Crippen molar-refractivity contribution in [2.75, 3.05) is 32.7 Å². The topological polar surface area (TPSA) is 60.9 Å². The number of amides is 1. The van der Waals surface area contributed by atoms with E-state index in [9.17, 15) is 14.7 Å². The second-order valence-electron chi connectivity index (χ2n) is 12.6. The van der Waals surface area contributed by atoms with Gasteiger partial charge in [-0.25, -0.2) is 0 Å². The number of carbonyl (C=O) groups is 2. The lowest BCUT2D eigenvalue weighted by Gasteiger charge is -2.57. The summed E-state index contributed by atoms with van der Waals surface area (Å²) in [5.41, 5.74) is -0.260. The van der Waals surface area contributed by atoms with Gasteiger partial charge in [-0.2, -0.15) is 0 Å². The molecular weight excluding hydrogens is 400 g/mol. The van der Waals surface area contributed by atoms with Crippen molar-refractivity contribution in [3.8, 4) is 0 Å². The third-order valence-corrected chi connectivity index (χ3v) is 10.8. The van der Waals surface area contributed by atoms with Crippen LogP contribution in [0.3, 0.4) is 0 Å². The van der Waals surface area contributed by atoms with E-state index in [1.54, 1.807) is 6.92 Å². The highest BCUT2D eigenvalue weighted by Gasteiger charge is 2.58. The molecule has 0 bridgehead atoms. The lowest BCUT2D eigenvalue weighted by Crippen LogP contribution is -2.52. The van der Waals surface area contributed by atoms with E-state index in [0.29, 0.717) is 18.2 Å². The molecule has 0 radical (unpaired) electrons. The average molecular weight is 445 g/mol. The van der Waals surface area contributed by atoms with E-state index >= 15 is 0 Å². The van der Waals surface area contributed by atoms with E-state index in [-0.39, 0.29) is 17.2 Å². The van der Waals surface area contributed by atoms with E-state index in [4.69, 9.17) is 0 Å². The number of ketones is 1. The van der Waals surface area contributed by atoms with E-state index in [0.717, 1.165) is 69.1 Å². The van der Waals surface area contributed by atoms with E-state index in [1.807, 2.05) is 11.8 Å². The van der Waals surface area contributed by atoms with Crippen LogP contribution in [0.5, 0.6) is 0 Å². The molecule has 5 heteroatoms. The molecular formula is C27H44N2O3. The van der Waals surface area contributed by atoms with Crippen LogP contribution in [0.15, 0.2) is 0 Å². The third kappa shape index (κ3) is 3.96. The number of hydrogen-bond donors (Lipinski definition) is 1. The fourth-order valence-electron chi connectivity index (χ4n) is 9.16. The molecule has 1 aliphatic heterocycles. The zero-order chi connectivity index (χ0) is 22.7. The van der Waals surface area contributed by atoms with Gasteiger partial charge >= 0.3 is 0 Å². The SMILES string of the molecule is CC(=O)N1CCN(CC(=O)C2CCC3C4CCC5CC(C)(O)CCC5C4CCC23C)CC1. The minimum absolute atomic E-state index is 0.148. The van der Waals surface area contributed by atoms with Gasteiger partial charge in [0.05, 0.1) is 12.1 Å². The van der Waals surface area contributed by atoms with Gasteiger partial charge in [0.2, 0.25) is 5.91 Å². The van der Waals surface area contributed by atoms with E-state index in [1.165, 1.54) is 38.5 Å². The molecule has 4 saturated carbocycles. The monoisotopic (exact) mass is 444 g/mol. The standard InChI is InChI=1S/C27H44N2O3/c1-18(30)29-14-12-28(13-15-29)17-25(31)24-7-6-23-22-5-4-19-16-26(2,32)10-8-20(19)21(22)9-11-27(23,24)3/h19-24,32H,4-17H2,1-3H3. The van der Waals surface area contributed by atoms with Crippen LogP contribution in [0.1, 0.15) is 78.6 Å². The Morgan fingerprint density at radius 2 is 1.59 bits per heavy atom. The Balaban J connectivity index is 1.22. The molecule has 4 aliphatic carbocycles. The summed E-state index contributed by atoms with van der Waals surface area (Å²) in [7, 11) is 0. The minimum Gasteiger partial charge on any atom is -0.390 e. The normalized spacial score (nSPS) is 46.8. The Bertz CT molecular complexity index is 743. The van der Waals surface area contributed by atoms with Crippen LogP contribution in [0.25, 0.3) is 0 Å². The molecule has 5 aliphatic rings. The van der Waals surface area contributed by atoms with Crippen molar-refractivity contribution < 1.29 is 14.7 Å². The summed E-state index contributed by atoms with van der Waals surface area (Å²) < 4.78 is 0. The summed E-state index contributed by atoms with van der Waals surface area (Å²) in [5, 5.41) is 10.6. The molecule has 0 spiro atoms. The third-order valence-electron chi connectivity index (χ3n) is 10.8. The Morgan fingerprint density at radius 1 is 0.875 bits per heavy atom. The first-order valence-corrected chi connectivity index (χ1v) is 13.4. The van der Waals surface area contributed by atoms with Gasteiger partial charge in [-0.3, -0.25) is 14.5 Å². The number of rotatable bonds is 3. The quantitative estimate of drug-likeness (QED) is 0.720. The van der Waals surface area contributed by atoms with Crippen molar-refractivity contribution in [1.82, 2.24) is 9.80 Å². The van der Waals surface area contributed by atoms with Gasteiger partial charge in [0.15, 0.2) is 0 Å².